The number of aliphatic hydroxyl groups is 17. The Kier molecular flexibility index (Phi) is 22.3. The summed E-state index contributed by atoms with van der Waals surface area (Å²) in [6.07, 6.45) is -51.0. The Balaban J connectivity index is 1.21. The van der Waals surface area contributed by atoms with Gasteiger partial charge in [-0.1, -0.05) is 0 Å². The number of hydrogen-bond donors (Lipinski definition) is 20. The van der Waals surface area contributed by atoms with Crippen LogP contribution >= 0.6 is 0 Å². The fourth-order valence-electron chi connectivity index (χ4n) is 9.72. The third-order valence-corrected chi connectivity index (χ3v) is 13.6. The quantitative estimate of drug-likeness (QED) is 0.0571. The summed E-state index contributed by atoms with van der Waals surface area (Å²) < 4.78 is 63.2. The van der Waals surface area contributed by atoms with E-state index in [4.69, 9.17) is 52.1 Å². The Morgan fingerprint density at radius 1 is 0.316 bits per heavy atom. The Morgan fingerprint density at radius 3 is 0.921 bits per heavy atom. The van der Waals surface area contributed by atoms with Crippen LogP contribution in [0.2, 0.25) is 0 Å². The largest absolute Gasteiger partial charge is 0.394 e. The second-order valence-electron chi connectivity index (χ2n) is 19.0. The van der Waals surface area contributed by atoms with E-state index in [1.54, 1.807) is 0 Å². The van der Waals surface area contributed by atoms with Crippen molar-refractivity contribution < 1.29 is 153 Å². The summed E-state index contributed by atoms with van der Waals surface area (Å²) in [7, 11) is 0. The number of rotatable bonds is 19. The molecule has 3 amide bonds. The fourth-order valence-corrected chi connectivity index (χ4v) is 9.72. The van der Waals surface area contributed by atoms with Crippen LogP contribution in [-0.2, 0) is 66.5 Å². The molecule has 34 heteroatoms. The maximum absolute atomic E-state index is 12.7. The standard InChI is InChI=1S/C42H71N3O31/c1-10(52)43-19-34(23(56)14(5-47)66-37(19)65)74-41-30(63)27(60)32(17(8-50)70-41)72-39-21(45-12(3)54)36(25(58)16(7-49)68-39)76-42-31(64)28(61)33(18(9-51)71-42)73-38-20(44-11(2)53)35(24(57)15(6-48)67-38)75-40-29(62)26(59)22(55)13(4-46)69-40/h13-42,46-51,55-65H,4-9H2,1-3H3,(H,43,52)(H,44,53)(H,45,54)/t13-,14-,15-,16-,17-,18-,19-,20-,21-,22-,23+,24+,25+,26+,27-,28-,29-,30-,31-,32-,33-,34-,35-,36?,37?,38+,39+,40+,41?,42+/m1/s1. The van der Waals surface area contributed by atoms with Crippen molar-refractivity contribution in [2.24, 2.45) is 0 Å². The summed E-state index contributed by atoms with van der Waals surface area (Å²) in [4.78, 5) is 37.3. The lowest BCUT2D eigenvalue weighted by Gasteiger charge is -2.51. The van der Waals surface area contributed by atoms with Gasteiger partial charge in [-0.15, -0.1) is 0 Å². The number of carbonyl (C=O) groups is 3. The van der Waals surface area contributed by atoms with Crippen LogP contribution in [0.5, 0.6) is 0 Å². The third kappa shape index (κ3) is 13.5. The second kappa shape index (κ2) is 27.2. The molecule has 6 heterocycles. The van der Waals surface area contributed by atoms with Gasteiger partial charge in [-0.05, 0) is 0 Å². The molecule has 6 aliphatic rings. The molecule has 34 nitrogen and oxygen atoms in total. The molecule has 76 heavy (non-hydrogen) atoms. The number of ether oxygens (including phenoxy) is 11. The molecule has 0 aromatic carbocycles. The SMILES string of the molecule is CC(=O)N[C@H]1[C@H](O[C@H]2[C@H](O)[C@@H](O)[C@H](OC3[C@@H](O)[C@@H](CO)O[C@@H](O[C@H]4[C@H](O)[C@@H](O)C(O[C@H]5[C@@H](O)[C@@H](CO)OC(O)[C@@H]5NC(C)=O)O[C@@H]4CO)[C@@H]3NC(C)=O)O[C@@H]2CO)O[C@H](CO)[C@H](O)[C@@H]1O[C@@H]1O[C@H](CO)[C@@H](O)[C@H](O)[C@H]1O. The van der Waals surface area contributed by atoms with Crippen molar-refractivity contribution in [3.63, 3.8) is 0 Å². The molecule has 0 aromatic heterocycles. The van der Waals surface area contributed by atoms with Crippen molar-refractivity contribution in [1.29, 1.82) is 0 Å². The third-order valence-electron chi connectivity index (χ3n) is 13.6. The molecule has 3 unspecified atom stereocenters. The molecule has 440 valence electrons. The van der Waals surface area contributed by atoms with Crippen LogP contribution in [0.1, 0.15) is 20.8 Å². The summed E-state index contributed by atoms with van der Waals surface area (Å²) in [6, 6.07) is -5.01. The zero-order valence-electron chi connectivity index (χ0n) is 40.9. The summed E-state index contributed by atoms with van der Waals surface area (Å²) >= 11 is 0. The first kappa shape index (κ1) is 62.5. The van der Waals surface area contributed by atoms with E-state index < -0.39 is 241 Å². The average molecular weight is 1110 g/mol. The molecule has 0 aliphatic carbocycles. The number of nitrogens with one attached hydrogen (secondary N) is 3. The molecule has 6 saturated heterocycles. The normalized spacial score (nSPS) is 48.2. The van der Waals surface area contributed by atoms with Gasteiger partial charge in [0.25, 0.3) is 0 Å². The van der Waals surface area contributed by atoms with Gasteiger partial charge in [0.15, 0.2) is 37.7 Å². The highest BCUT2D eigenvalue weighted by Gasteiger charge is 2.58. The maximum atomic E-state index is 12.7. The van der Waals surface area contributed by atoms with Crippen molar-refractivity contribution >= 4 is 17.7 Å². The highest BCUT2D eigenvalue weighted by Crippen LogP contribution is 2.37. The lowest BCUT2D eigenvalue weighted by atomic mass is 9.93. The monoisotopic (exact) mass is 1110 g/mol. The van der Waals surface area contributed by atoms with Crippen LogP contribution in [-0.4, -0.2) is 328 Å². The molecule has 0 saturated carbocycles. The first-order valence-electron chi connectivity index (χ1n) is 24.1. The molecular weight excluding hydrogens is 1040 g/mol. The van der Waals surface area contributed by atoms with Crippen LogP contribution < -0.4 is 16.0 Å². The zero-order chi connectivity index (χ0) is 56.2. The Hall–Kier alpha value is -2.71. The number of carbonyl (C=O) groups excluding carboxylic acids is 3. The molecule has 6 aliphatic heterocycles. The van der Waals surface area contributed by atoms with Gasteiger partial charge >= 0.3 is 0 Å². The van der Waals surface area contributed by atoms with Crippen LogP contribution in [0.4, 0.5) is 0 Å². The molecule has 0 bridgehead atoms. The molecule has 0 spiro atoms. The second-order valence-corrected chi connectivity index (χ2v) is 19.0. The maximum Gasteiger partial charge on any atom is 0.217 e. The molecule has 6 fully saturated rings. The van der Waals surface area contributed by atoms with Gasteiger partial charge in [0, 0.05) is 20.8 Å². The van der Waals surface area contributed by atoms with Gasteiger partial charge in [0.05, 0.1) is 39.6 Å². The van der Waals surface area contributed by atoms with Gasteiger partial charge in [-0.2, -0.15) is 0 Å². The van der Waals surface area contributed by atoms with Gasteiger partial charge in [-0.3, -0.25) is 14.4 Å². The predicted octanol–water partition coefficient (Wildman–Crippen LogP) is -13.7. The van der Waals surface area contributed by atoms with Crippen molar-refractivity contribution in [3.8, 4) is 0 Å². The minimum Gasteiger partial charge on any atom is -0.394 e. The van der Waals surface area contributed by atoms with Crippen molar-refractivity contribution in [1.82, 2.24) is 16.0 Å². The van der Waals surface area contributed by atoms with E-state index in [0.29, 0.717) is 0 Å². The average Bonchev–Trinajstić information content (AvgIpc) is 3.38. The van der Waals surface area contributed by atoms with Crippen LogP contribution in [0, 0.1) is 0 Å². The topological polar surface area (TPSA) is 533 Å². The molecule has 20 N–H and O–H groups in total. The highest BCUT2D eigenvalue weighted by molar-refractivity contribution is 5.74. The first-order valence-corrected chi connectivity index (χ1v) is 24.1. The van der Waals surface area contributed by atoms with E-state index in [-0.39, 0.29) is 0 Å². The zero-order valence-corrected chi connectivity index (χ0v) is 40.9. The number of hydrogen-bond acceptors (Lipinski definition) is 31. The predicted molar refractivity (Wildman–Crippen MR) is 234 cm³/mol. The summed E-state index contributed by atoms with van der Waals surface area (Å²) in [5.74, 6) is -2.42. The minimum absolute atomic E-state index is 0.728. The van der Waals surface area contributed by atoms with E-state index >= 15 is 0 Å². The molecule has 0 aromatic rings. The first-order chi connectivity index (χ1) is 35.9. The van der Waals surface area contributed by atoms with E-state index in [2.05, 4.69) is 16.0 Å². The smallest absolute Gasteiger partial charge is 0.217 e. The number of aliphatic hydroxyl groups excluding tert-OH is 17. The van der Waals surface area contributed by atoms with Crippen LogP contribution in [0.3, 0.4) is 0 Å². The van der Waals surface area contributed by atoms with E-state index in [1.807, 2.05) is 0 Å². The van der Waals surface area contributed by atoms with Crippen LogP contribution in [0.25, 0.3) is 0 Å². The summed E-state index contributed by atoms with van der Waals surface area (Å²) in [5, 5.41) is 190. The van der Waals surface area contributed by atoms with Crippen molar-refractivity contribution in [2.75, 3.05) is 39.6 Å². The molecule has 0 radical (unpaired) electrons. The summed E-state index contributed by atoms with van der Waals surface area (Å²) in [5.41, 5.74) is 0. The minimum atomic E-state index is -2.26. The molecule has 6 rings (SSSR count). The van der Waals surface area contributed by atoms with Gasteiger partial charge in [-0.25, -0.2) is 0 Å². The lowest BCUT2D eigenvalue weighted by Crippen LogP contribution is -2.71. The van der Waals surface area contributed by atoms with E-state index in [9.17, 15) is 101 Å². The Bertz CT molecular complexity index is 1860. The summed E-state index contributed by atoms with van der Waals surface area (Å²) in [6.45, 7) is -2.73. The Morgan fingerprint density at radius 2 is 0.579 bits per heavy atom. The Labute approximate surface area is 431 Å². The fraction of sp³-hybridized carbons (Fsp3) is 0.929. The highest BCUT2D eigenvalue weighted by atomic mass is 16.8. The van der Waals surface area contributed by atoms with Crippen molar-refractivity contribution in [2.45, 2.75) is 205 Å². The van der Waals surface area contributed by atoms with E-state index in [0.717, 1.165) is 20.8 Å². The van der Waals surface area contributed by atoms with Gasteiger partial charge in [0.1, 0.15) is 146 Å². The van der Waals surface area contributed by atoms with Gasteiger partial charge < -0.3 is 155 Å². The van der Waals surface area contributed by atoms with E-state index in [1.165, 1.54) is 0 Å². The van der Waals surface area contributed by atoms with Crippen LogP contribution in [0.15, 0.2) is 0 Å². The van der Waals surface area contributed by atoms with Gasteiger partial charge in [0.2, 0.25) is 17.7 Å². The number of amides is 3. The van der Waals surface area contributed by atoms with Crippen molar-refractivity contribution in [3.05, 3.63) is 0 Å². The lowest BCUT2D eigenvalue weighted by molar-refractivity contribution is -0.382. The molecular formula is C42H71N3O31. The molecule has 30 atom stereocenters.